The van der Waals surface area contributed by atoms with E-state index in [4.69, 9.17) is 4.74 Å². The van der Waals surface area contributed by atoms with Crippen molar-refractivity contribution in [3.63, 3.8) is 0 Å². The first-order valence-electron chi connectivity index (χ1n) is 11.2. The number of anilines is 1. The number of para-hydroxylation sites is 1. The van der Waals surface area contributed by atoms with Gasteiger partial charge in [-0.1, -0.05) is 30.3 Å². The normalized spacial score (nSPS) is 11.6. The van der Waals surface area contributed by atoms with Crippen molar-refractivity contribution in [2.45, 2.75) is 47.6 Å². The maximum Gasteiger partial charge on any atom is 0.340 e. The summed E-state index contributed by atoms with van der Waals surface area (Å²) in [6.07, 6.45) is -1.05. The smallest absolute Gasteiger partial charge is 0.340 e. The summed E-state index contributed by atoms with van der Waals surface area (Å²) in [6.45, 7) is 10.8. The predicted octanol–water partition coefficient (Wildman–Crippen LogP) is 4.32. The summed E-state index contributed by atoms with van der Waals surface area (Å²) in [4.78, 5) is 37.5. The first-order chi connectivity index (χ1) is 16.1. The van der Waals surface area contributed by atoms with E-state index in [9.17, 15) is 14.4 Å². The SMILES string of the molecule is Cc1cccc(-n2c(C)cc(C(=O)OC(C)C(=O)NCC(=O)Nc3c(C)cccc3C)c2C)c1. The molecule has 1 unspecified atom stereocenters. The number of carbonyl (C=O) groups excluding carboxylic acids is 3. The fourth-order valence-electron chi connectivity index (χ4n) is 3.92. The van der Waals surface area contributed by atoms with Gasteiger partial charge in [0.1, 0.15) is 0 Å². The third kappa shape index (κ3) is 5.54. The lowest BCUT2D eigenvalue weighted by Crippen LogP contribution is -2.40. The maximum absolute atomic E-state index is 12.8. The van der Waals surface area contributed by atoms with E-state index in [2.05, 4.69) is 10.6 Å². The number of benzene rings is 2. The number of nitrogens with zero attached hydrogens (tertiary/aromatic N) is 1. The van der Waals surface area contributed by atoms with E-state index in [1.807, 2.05) is 81.7 Å². The van der Waals surface area contributed by atoms with Crippen LogP contribution < -0.4 is 10.6 Å². The molecule has 2 amide bonds. The number of nitrogens with one attached hydrogen (secondary N) is 2. The molecule has 0 bridgehead atoms. The molecule has 7 nitrogen and oxygen atoms in total. The quantitative estimate of drug-likeness (QED) is 0.513. The minimum atomic E-state index is -1.05. The molecular weight excluding hydrogens is 430 g/mol. The van der Waals surface area contributed by atoms with Crippen molar-refractivity contribution in [1.82, 2.24) is 9.88 Å². The predicted molar refractivity (Wildman–Crippen MR) is 132 cm³/mol. The van der Waals surface area contributed by atoms with Crippen LogP contribution in [-0.4, -0.2) is 35.0 Å². The second-order valence-electron chi connectivity index (χ2n) is 8.54. The van der Waals surface area contributed by atoms with E-state index in [1.54, 1.807) is 6.07 Å². The van der Waals surface area contributed by atoms with Gasteiger partial charge in [-0.05, 0) is 76.4 Å². The highest BCUT2D eigenvalue weighted by Gasteiger charge is 2.23. The van der Waals surface area contributed by atoms with Crippen LogP contribution >= 0.6 is 0 Å². The summed E-state index contributed by atoms with van der Waals surface area (Å²) in [5.74, 6) is -1.49. The molecule has 0 aliphatic rings. The monoisotopic (exact) mass is 461 g/mol. The molecule has 1 heterocycles. The van der Waals surface area contributed by atoms with Crippen molar-refractivity contribution in [3.05, 3.63) is 82.2 Å². The van der Waals surface area contributed by atoms with E-state index in [0.717, 1.165) is 39.5 Å². The molecule has 34 heavy (non-hydrogen) atoms. The highest BCUT2D eigenvalue weighted by molar-refractivity contribution is 5.97. The van der Waals surface area contributed by atoms with Crippen LogP contribution in [-0.2, 0) is 14.3 Å². The van der Waals surface area contributed by atoms with Crippen molar-refractivity contribution < 1.29 is 19.1 Å². The van der Waals surface area contributed by atoms with E-state index in [-0.39, 0.29) is 12.5 Å². The number of aryl methyl sites for hydroxylation is 4. The number of ether oxygens (including phenoxy) is 1. The molecule has 3 aromatic rings. The number of hydrogen-bond donors (Lipinski definition) is 2. The highest BCUT2D eigenvalue weighted by atomic mass is 16.5. The van der Waals surface area contributed by atoms with Gasteiger partial charge in [0.2, 0.25) is 5.91 Å². The van der Waals surface area contributed by atoms with Gasteiger partial charge in [0.05, 0.1) is 12.1 Å². The molecular formula is C27H31N3O4. The van der Waals surface area contributed by atoms with Gasteiger partial charge < -0.3 is 19.9 Å². The first-order valence-corrected chi connectivity index (χ1v) is 11.2. The summed E-state index contributed by atoms with van der Waals surface area (Å²) in [7, 11) is 0. The average molecular weight is 462 g/mol. The van der Waals surface area contributed by atoms with Crippen molar-refractivity contribution >= 4 is 23.5 Å². The summed E-state index contributed by atoms with van der Waals surface area (Å²) in [5, 5.41) is 5.34. The van der Waals surface area contributed by atoms with Gasteiger partial charge in [0.15, 0.2) is 6.10 Å². The largest absolute Gasteiger partial charge is 0.449 e. The summed E-state index contributed by atoms with van der Waals surface area (Å²) < 4.78 is 7.38. The van der Waals surface area contributed by atoms with E-state index in [0.29, 0.717) is 5.56 Å². The Kier molecular flexibility index (Phi) is 7.56. The highest BCUT2D eigenvalue weighted by Crippen LogP contribution is 2.23. The maximum atomic E-state index is 12.8. The average Bonchev–Trinajstić information content (AvgIpc) is 3.08. The van der Waals surface area contributed by atoms with Crippen LogP contribution in [0.1, 0.15) is 45.4 Å². The zero-order valence-electron chi connectivity index (χ0n) is 20.5. The molecule has 7 heteroatoms. The third-order valence-corrected chi connectivity index (χ3v) is 5.73. The molecule has 0 aliphatic heterocycles. The Hall–Kier alpha value is -3.87. The number of esters is 1. The van der Waals surface area contributed by atoms with Crippen LogP contribution in [0.4, 0.5) is 5.69 Å². The summed E-state index contributed by atoms with van der Waals surface area (Å²) in [6, 6.07) is 15.5. The molecule has 3 rings (SSSR count). The third-order valence-electron chi connectivity index (χ3n) is 5.73. The fraction of sp³-hybridized carbons (Fsp3) is 0.296. The van der Waals surface area contributed by atoms with Crippen LogP contribution in [0.5, 0.6) is 0 Å². The molecule has 2 aromatic carbocycles. The Morgan fingerprint density at radius 1 is 0.941 bits per heavy atom. The van der Waals surface area contributed by atoms with Gasteiger partial charge in [0.25, 0.3) is 5.91 Å². The molecule has 2 N–H and O–H groups in total. The lowest BCUT2D eigenvalue weighted by molar-refractivity contribution is -0.130. The Morgan fingerprint density at radius 2 is 1.59 bits per heavy atom. The van der Waals surface area contributed by atoms with Crippen molar-refractivity contribution in [3.8, 4) is 5.69 Å². The zero-order chi connectivity index (χ0) is 25.0. The Balaban J connectivity index is 1.61. The molecule has 0 aliphatic carbocycles. The number of amides is 2. The van der Waals surface area contributed by atoms with Crippen LogP contribution in [0.25, 0.3) is 5.69 Å². The molecule has 0 radical (unpaired) electrons. The fourth-order valence-corrected chi connectivity index (χ4v) is 3.92. The lowest BCUT2D eigenvalue weighted by Gasteiger charge is -2.15. The molecule has 0 saturated heterocycles. The number of hydrogen-bond acceptors (Lipinski definition) is 4. The van der Waals surface area contributed by atoms with Crippen LogP contribution in [0.3, 0.4) is 0 Å². The second-order valence-corrected chi connectivity index (χ2v) is 8.54. The lowest BCUT2D eigenvalue weighted by atomic mass is 10.1. The van der Waals surface area contributed by atoms with Gasteiger partial charge >= 0.3 is 5.97 Å². The van der Waals surface area contributed by atoms with Crippen molar-refractivity contribution in [2.24, 2.45) is 0 Å². The molecule has 1 aromatic heterocycles. The molecule has 0 saturated carbocycles. The Bertz CT molecular complexity index is 1220. The van der Waals surface area contributed by atoms with Crippen LogP contribution in [0.15, 0.2) is 48.5 Å². The summed E-state index contributed by atoms with van der Waals surface area (Å²) >= 11 is 0. The molecule has 0 fully saturated rings. The van der Waals surface area contributed by atoms with Gasteiger partial charge in [-0.2, -0.15) is 0 Å². The van der Waals surface area contributed by atoms with Gasteiger partial charge in [-0.25, -0.2) is 4.79 Å². The van der Waals surface area contributed by atoms with Gasteiger partial charge in [0, 0.05) is 22.8 Å². The van der Waals surface area contributed by atoms with E-state index >= 15 is 0 Å². The minimum Gasteiger partial charge on any atom is -0.449 e. The second kappa shape index (κ2) is 10.4. The Labute approximate surface area is 200 Å². The first kappa shape index (κ1) is 24.8. The van der Waals surface area contributed by atoms with Gasteiger partial charge in [-0.15, -0.1) is 0 Å². The van der Waals surface area contributed by atoms with Crippen LogP contribution in [0.2, 0.25) is 0 Å². The number of aromatic nitrogens is 1. The Morgan fingerprint density at radius 3 is 2.24 bits per heavy atom. The van der Waals surface area contributed by atoms with Crippen molar-refractivity contribution in [1.29, 1.82) is 0 Å². The molecule has 1 atom stereocenters. The zero-order valence-corrected chi connectivity index (χ0v) is 20.5. The van der Waals surface area contributed by atoms with E-state index < -0.39 is 18.0 Å². The molecule has 178 valence electrons. The van der Waals surface area contributed by atoms with Gasteiger partial charge in [-0.3, -0.25) is 9.59 Å². The minimum absolute atomic E-state index is 0.226. The standard InChI is InChI=1S/C27H31N3O4/c1-16-9-7-12-22(13-16)30-19(4)14-23(20(30)5)27(33)34-21(6)26(32)28-15-24(31)29-25-17(2)10-8-11-18(25)3/h7-14,21H,15H2,1-6H3,(H,28,32)(H,29,31). The number of rotatable bonds is 7. The number of carbonyl (C=O) groups is 3. The topological polar surface area (TPSA) is 89.4 Å². The van der Waals surface area contributed by atoms with Crippen molar-refractivity contribution in [2.75, 3.05) is 11.9 Å². The van der Waals surface area contributed by atoms with Crippen LogP contribution in [0, 0.1) is 34.6 Å². The van der Waals surface area contributed by atoms with E-state index in [1.165, 1.54) is 6.92 Å². The molecule has 0 spiro atoms. The summed E-state index contributed by atoms with van der Waals surface area (Å²) in [5.41, 5.74) is 6.67.